The zero-order chi connectivity index (χ0) is 21.2. The molecule has 0 aliphatic carbocycles. The van der Waals surface area contributed by atoms with Gasteiger partial charge in [0, 0.05) is 6.42 Å². The molecule has 1 amide bonds. The van der Waals surface area contributed by atoms with E-state index in [0.29, 0.717) is 17.9 Å². The molecule has 6 nitrogen and oxygen atoms in total. The molecular formula is C25H22N2O4. The molecule has 0 aromatic heterocycles. The van der Waals surface area contributed by atoms with Gasteiger partial charge in [0.1, 0.15) is 12.4 Å². The highest BCUT2D eigenvalue weighted by atomic mass is 16.6. The number of carbonyl (C=O) groups is 1. The lowest BCUT2D eigenvalue weighted by molar-refractivity contribution is -0.143. The summed E-state index contributed by atoms with van der Waals surface area (Å²) in [7, 11) is 1.63. The van der Waals surface area contributed by atoms with Crippen LogP contribution in [0.4, 0.5) is 0 Å². The highest BCUT2D eigenvalue weighted by Crippen LogP contribution is 2.36. The highest BCUT2D eigenvalue weighted by Gasteiger charge is 2.39. The minimum absolute atomic E-state index is 0.151. The van der Waals surface area contributed by atoms with Crippen LogP contribution in [0.15, 0.2) is 84.0 Å². The first-order valence-corrected chi connectivity index (χ1v) is 10.2. The van der Waals surface area contributed by atoms with Gasteiger partial charge in [-0.2, -0.15) is 5.10 Å². The van der Waals surface area contributed by atoms with Crippen molar-refractivity contribution in [3.8, 4) is 17.2 Å². The number of para-hydroxylation sites is 2. The number of amides is 1. The maximum Gasteiger partial charge on any atom is 0.287 e. The van der Waals surface area contributed by atoms with E-state index in [9.17, 15) is 4.79 Å². The zero-order valence-electron chi connectivity index (χ0n) is 17.1. The van der Waals surface area contributed by atoms with Crippen LogP contribution < -0.4 is 14.2 Å². The van der Waals surface area contributed by atoms with E-state index >= 15 is 0 Å². The van der Waals surface area contributed by atoms with E-state index in [-0.39, 0.29) is 18.6 Å². The SMILES string of the molecule is COc1ccc(C2CC(c3ccccc3)=NN2C(=O)C2COc3ccccc3O2)cc1. The van der Waals surface area contributed by atoms with E-state index in [1.807, 2.05) is 72.8 Å². The fourth-order valence-electron chi connectivity index (χ4n) is 3.89. The lowest BCUT2D eigenvalue weighted by atomic mass is 9.98. The number of carbonyl (C=O) groups excluding carboxylic acids is 1. The minimum atomic E-state index is -0.755. The van der Waals surface area contributed by atoms with Crippen LogP contribution in [-0.4, -0.2) is 36.4 Å². The summed E-state index contributed by atoms with van der Waals surface area (Å²) in [5.74, 6) is 1.76. The zero-order valence-corrected chi connectivity index (χ0v) is 17.1. The second-order valence-electron chi connectivity index (χ2n) is 7.45. The number of rotatable bonds is 4. The first kappa shape index (κ1) is 19.2. The van der Waals surface area contributed by atoms with Crippen LogP contribution in [0.25, 0.3) is 0 Å². The van der Waals surface area contributed by atoms with Gasteiger partial charge in [-0.3, -0.25) is 4.79 Å². The lowest BCUT2D eigenvalue weighted by Crippen LogP contribution is -2.44. The molecule has 0 radical (unpaired) electrons. The molecule has 6 heteroatoms. The molecule has 0 spiro atoms. The van der Waals surface area contributed by atoms with Gasteiger partial charge in [0.15, 0.2) is 11.5 Å². The van der Waals surface area contributed by atoms with Gasteiger partial charge in [-0.1, -0.05) is 54.6 Å². The van der Waals surface area contributed by atoms with Crippen molar-refractivity contribution in [3.63, 3.8) is 0 Å². The Balaban J connectivity index is 1.46. The molecule has 156 valence electrons. The van der Waals surface area contributed by atoms with E-state index in [1.165, 1.54) is 0 Å². The molecule has 5 rings (SSSR count). The Labute approximate surface area is 180 Å². The van der Waals surface area contributed by atoms with Gasteiger partial charge in [-0.15, -0.1) is 0 Å². The fourth-order valence-corrected chi connectivity index (χ4v) is 3.89. The summed E-state index contributed by atoms with van der Waals surface area (Å²) >= 11 is 0. The van der Waals surface area contributed by atoms with Gasteiger partial charge in [0.25, 0.3) is 5.91 Å². The Bertz CT molecular complexity index is 1110. The van der Waals surface area contributed by atoms with Gasteiger partial charge in [-0.25, -0.2) is 5.01 Å². The third-order valence-electron chi connectivity index (χ3n) is 5.53. The molecule has 2 heterocycles. The van der Waals surface area contributed by atoms with E-state index in [0.717, 1.165) is 22.6 Å². The first-order chi connectivity index (χ1) is 15.2. The van der Waals surface area contributed by atoms with Crippen molar-refractivity contribution >= 4 is 11.6 Å². The Kier molecular flexibility index (Phi) is 5.04. The topological polar surface area (TPSA) is 60.4 Å². The van der Waals surface area contributed by atoms with Crippen molar-refractivity contribution in [2.45, 2.75) is 18.6 Å². The van der Waals surface area contributed by atoms with E-state index in [2.05, 4.69) is 0 Å². The molecule has 0 N–H and O–H groups in total. The maximum absolute atomic E-state index is 13.5. The number of benzene rings is 3. The van der Waals surface area contributed by atoms with E-state index < -0.39 is 6.10 Å². The Morgan fingerprint density at radius 3 is 2.42 bits per heavy atom. The molecule has 0 saturated carbocycles. The quantitative estimate of drug-likeness (QED) is 0.642. The molecule has 3 aromatic rings. The van der Waals surface area contributed by atoms with Crippen LogP contribution in [0.2, 0.25) is 0 Å². The maximum atomic E-state index is 13.5. The molecular weight excluding hydrogens is 392 g/mol. The molecule has 0 fully saturated rings. The fraction of sp³-hybridized carbons (Fsp3) is 0.200. The summed E-state index contributed by atoms with van der Waals surface area (Å²) < 4.78 is 17.0. The number of fused-ring (bicyclic) bond motifs is 1. The number of ether oxygens (including phenoxy) is 3. The standard InChI is InChI=1S/C25H22N2O4/c1-29-19-13-11-18(12-14-19)21-15-20(17-7-3-2-4-8-17)26-27(21)25(28)24-16-30-22-9-5-6-10-23(22)31-24/h2-14,21,24H,15-16H2,1H3. The second kappa shape index (κ2) is 8.14. The van der Waals surface area contributed by atoms with Gasteiger partial charge >= 0.3 is 0 Å². The van der Waals surface area contributed by atoms with Gasteiger partial charge in [0.2, 0.25) is 6.10 Å². The smallest absolute Gasteiger partial charge is 0.287 e. The number of hydrazone groups is 1. The van der Waals surface area contributed by atoms with Crippen LogP contribution in [-0.2, 0) is 4.79 Å². The molecule has 0 bridgehead atoms. The Hall–Kier alpha value is -3.80. The average Bonchev–Trinajstić information content (AvgIpc) is 3.29. The van der Waals surface area contributed by atoms with Crippen molar-refractivity contribution < 1.29 is 19.0 Å². The summed E-state index contributed by atoms with van der Waals surface area (Å²) in [6.45, 7) is 0.151. The van der Waals surface area contributed by atoms with Crippen molar-refractivity contribution in [1.82, 2.24) is 5.01 Å². The van der Waals surface area contributed by atoms with Crippen LogP contribution in [0.3, 0.4) is 0 Å². The van der Waals surface area contributed by atoms with Crippen molar-refractivity contribution in [2.75, 3.05) is 13.7 Å². The molecule has 0 saturated heterocycles. The summed E-state index contributed by atoms with van der Waals surface area (Å²) in [6.07, 6.45) is -0.138. The van der Waals surface area contributed by atoms with Gasteiger partial charge in [-0.05, 0) is 35.4 Å². The highest BCUT2D eigenvalue weighted by molar-refractivity contribution is 6.03. The van der Waals surface area contributed by atoms with Crippen molar-refractivity contribution in [1.29, 1.82) is 0 Å². The van der Waals surface area contributed by atoms with Crippen molar-refractivity contribution in [2.24, 2.45) is 5.10 Å². The summed E-state index contributed by atoms with van der Waals surface area (Å²) in [5, 5.41) is 6.27. The average molecular weight is 414 g/mol. The predicted octanol–water partition coefficient (Wildman–Crippen LogP) is 4.21. The van der Waals surface area contributed by atoms with Crippen LogP contribution in [0, 0.1) is 0 Å². The van der Waals surface area contributed by atoms with Gasteiger partial charge < -0.3 is 14.2 Å². The first-order valence-electron chi connectivity index (χ1n) is 10.2. The summed E-state index contributed by atoms with van der Waals surface area (Å²) in [5.41, 5.74) is 2.86. The van der Waals surface area contributed by atoms with Crippen LogP contribution in [0.5, 0.6) is 17.2 Å². The van der Waals surface area contributed by atoms with Gasteiger partial charge in [0.05, 0.1) is 18.9 Å². The van der Waals surface area contributed by atoms with Crippen LogP contribution >= 0.6 is 0 Å². The molecule has 2 atom stereocenters. The summed E-state index contributed by atoms with van der Waals surface area (Å²) in [4.78, 5) is 13.5. The predicted molar refractivity (Wildman–Crippen MR) is 117 cm³/mol. The summed E-state index contributed by atoms with van der Waals surface area (Å²) in [6, 6.07) is 24.8. The van der Waals surface area contributed by atoms with E-state index in [1.54, 1.807) is 18.2 Å². The molecule has 31 heavy (non-hydrogen) atoms. The third kappa shape index (κ3) is 3.72. The molecule has 2 aliphatic rings. The normalized spacial score (nSPS) is 19.6. The number of methoxy groups -OCH3 is 1. The van der Waals surface area contributed by atoms with E-state index in [4.69, 9.17) is 19.3 Å². The monoisotopic (exact) mass is 414 g/mol. The Morgan fingerprint density at radius 1 is 0.968 bits per heavy atom. The lowest BCUT2D eigenvalue weighted by Gasteiger charge is -2.30. The molecule has 2 unspecified atom stereocenters. The molecule has 2 aliphatic heterocycles. The number of nitrogens with zero attached hydrogens (tertiary/aromatic N) is 2. The number of hydrogen-bond acceptors (Lipinski definition) is 5. The van der Waals surface area contributed by atoms with Crippen LogP contribution in [0.1, 0.15) is 23.6 Å². The number of hydrogen-bond donors (Lipinski definition) is 0. The second-order valence-corrected chi connectivity index (χ2v) is 7.45. The minimum Gasteiger partial charge on any atom is -0.497 e. The third-order valence-corrected chi connectivity index (χ3v) is 5.53. The van der Waals surface area contributed by atoms with Crippen molar-refractivity contribution in [3.05, 3.63) is 90.0 Å². The largest absolute Gasteiger partial charge is 0.497 e. The Morgan fingerprint density at radius 2 is 1.68 bits per heavy atom. The molecule has 3 aromatic carbocycles.